The fourth-order valence-corrected chi connectivity index (χ4v) is 2.72. The van der Waals surface area contributed by atoms with Crippen LogP contribution in [-0.4, -0.2) is 11.0 Å². The van der Waals surface area contributed by atoms with Crippen LogP contribution in [0.3, 0.4) is 0 Å². The molecule has 2 rings (SSSR count). The molecule has 1 aliphatic rings. The van der Waals surface area contributed by atoms with Crippen LogP contribution in [-0.2, 0) is 0 Å². The fraction of sp³-hybridized carbons (Fsp3) is 0.500. The number of nitrogens with one attached hydrogen (secondary N) is 1. The summed E-state index contributed by atoms with van der Waals surface area (Å²) in [4.78, 5) is 10.7. The van der Waals surface area contributed by atoms with E-state index in [-0.39, 0.29) is 10.6 Å². The Balaban J connectivity index is 2.16. The topological polar surface area (TPSA) is 55.2 Å². The Labute approximate surface area is 114 Å². The summed E-state index contributed by atoms with van der Waals surface area (Å²) in [5.74, 6) is 0. The third kappa shape index (κ3) is 3.31. The molecule has 1 aliphatic carbocycles. The zero-order valence-corrected chi connectivity index (χ0v) is 11.6. The number of nitro groups is 1. The van der Waals surface area contributed by atoms with Crippen molar-refractivity contribution in [2.75, 3.05) is 5.32 Å². The van der Waals surface area contributed by atoms with Gasteiger partial charge in [0.05, 0.1) is 4.92 Å². The van der Waals surface area contributed by atoms with Crippen LogP contribution in [0.5, 0.6) is 0 Å². The minimum absolute atomic E-state index is 0.183. The smallest absolute Gasteiger partial charge is 0.293 e. The molecule has 4 nitrogen and oxygen atoms in total. The normalized spacial score (nSPS) is 16.8. The van der Waals surface area contributed by atoms with Crippen LogP contribution in [0, 0.1) is 13.7 Å². The molecule has 0 aliphatic heterocycles. The molecule has 0 radical (unpaired) electrons. The minimum Gasteiger partial charge on any atom is -0.377 e. The summed E-state index contributed by atoms with van der Waals surface area (Å²) >= 11 is 2.09. The molecule has 0 saturated heterocycles. The fourth-order valence-electron chi connectivity index (χ4n) is 2.24. The highest BCUT2D eigenvalue weighted by atomic mass is 127. The van der Waals surface area contributed by atoms with Crippen LogP contribution in [0.15, 0.2) is 18.2 Å². The molecular weight excluding hydrogens is 331 g/mol. The largest absolute Gasteiger partial charge is 0.377 e. The van der Waals surface area contributed by atoms with Gasteiger partial charge in [0.15, 0.2) is 0 Å². The van der Waals surface area contributed by atoms with E-state index in [4.69, 9.17) is 0 Å². The molecule has 1 N–H and O–H groups in total. The summed E-state index contributed by atoms with van der Waals surface area (Å²) in [5.41, 5.74) is 0.838. The van der Waals surface area contributed by atoms with Crippen molar-refractivity contribution in [3.8, 4) is 0 Å². The molecule has 17 heavy (non-hydrogen) atoms. The number of benzene rings is 1. The van der Waals surface area contributed by atoms with Gasteiger partial charge in [0.2, 0.25) is 0 Å². The molecule has 0 unspecified atom stereocenters. The van der Waals surface area contributed by atoms with Crippen LogP contribution >= 0.6 is 22.6 Å². The molecule has 5 heteroatoms. The number of nitro benzene ring substituents is 1. The van der Waals surface area contributed by atoms with E-state index in [9.17, 15) is 10.1 Å². The Bertz CT molecular complexity index is 417. The molecular formula is C12H15IN2O2. The van der Waals surface area contributed by atoms with Gasteiger partial charge in [-0.2, -0.15) is 0 Å². The first kappa shape index (κ1) is 12.6. The number of anilines is 1. The highest BCUT2D eigenvalue weighted by molar-refractivity contribution is 14.1. The minimum atomic E-state index is -0.312. The van der Waals surface area contributed by atoms with Crippen LogP contribution < -0.4 is 5.32 Å². The Morgan fingerprint density at radius 3 is 2.65 bits per heavy atom. The molecule has 1 saturated carbocycles. The first-order chi connectivity index (χ1) is 8.16. The lowest BCUT2D eigenvalue weighted by Gasteiger charge is -2.23. The Hall–Kier alpha value is -0.850. The average molecular weight is 346 g/mol. The van der Waals surface area contributed by atoms with Gasteiger partial charge in [0.1, 0.15) is 5.69 Å². The number of hydrogen-bond donors (Lipinski definition) is 1. The van der Waals surface area contributed by atoms with Gasteiger partial charge in [-0.3, -0.25) is 10.1 Å². The summed E-state index contributed by atoms with van der Waals surface area (Å²) in [7, 11) is 0. The Kier molecular flexibility index (Phi) is 4.20. The van der Waals surface area contributed by atoms with Gasteiger partial charge >= 0.3 is 0 Å². The molecule has 0 atom stereocenters. The number of nitrogens with zero attached hydrogens (tertiary/aromatic N) is 1. The van der Waals surface area contributed by atoms with Crippen molar-refractivity contribution in [2.24, 2.45) is 0 Å². The van der Waals surface area contributed by atoms with Gasteiger partial charge in [0.25, 0.3) is 5.69 Å². The third-order valence-corrected chi connectivity index (χ3v) is 3.79. The van der Waals surface area contributed by atoms with Crippen molar-refractivity contribution < 1.29 is 4.92 Å². The number of rotatable bonds is 3. The van der Waals surface area contributed by atoms with Gasteiger partial charge in [-0.15, -0.1) is 0 Å². The Morgan fingerprint density at radius 2 is 2.00 bits per heavy atom. The summed E-state index contributed by atoms with van der Waals surface area (Å²) in [6.45, 7) is 0. The van der Waals surface area contributed by atoms with E-state index in [1.165, 1.54) is 19.3 Å². The van der Waals surface area contributed by atoms with E-state index >= 15 is 0 Å². The average Bonchev–Trinajstić information content (AvgIpc) is 2.32. The predicted octanol–water partition coefficient (Wildman–Crippen LogP) is 3.94. The maximum absolute atomic E-state index is 11.0. The van der Waals surface area contributed by atoms with Crippen molar-refractivity contribution in [1.82, 2.24) is 0 Å². The quantitative estimate of drug-likeness (QED) is 0.512. The Morgan fingerprint density at radius 1 is 1.29 bits per heavy atom. The molecule has 0 amide bonds. The van der Waals surface area contributed by atoms with Gasteiger partial charge in [0, 0.05) is 15.7 Å². The van der Waals surface area contributed by atoms with Crippen molar-refractivity contribution in [3.63, 3.8) is 0 Å². The monoisotopic (exact) mass is 346 g/mol. The second kappa shape index (κ2) is 5.66. The van der Waals surface area contributed by atoms with Crippen LogP contribution in [0.1, 0.15) is 32.1 Å². The highest BCUT2D eigenvalue weighted by Crippen LogP contribution is 2.29. The van der Waals surface area contributed by atoms with Crippen molar-refractivity contribution >= 4 is 34.0 Å². The molecule has 0 spiro atoms. The lowest BCUT2D eigenvalue weighted by molar-refractivity contribution is -0.384. The van der Waals surface area contributed by atoms with Gasteiger partial charge in [-0.25, -0.2) is 0 Å². The zero-order chi connectivity index (χ0) is 12.3. The van der Waals surface area contributed by atoms with E-state index < -0.39 is 0 Å². The van der Waals surface area contributed by atoms with E-state index in [2.05, 4.69) is 27.9 Å². The van der Waals surface area contributed by atoms with E-state index in [1.807, 2.05) is 12.1 Å². The first-order valence-electron chi connectivity index (χ1n) is 5.87. The molecule has 0 heterocycles. The standard InChI is InChI=1S/C12H15IN2O2/c13-9-6-7-11(12(8-9)15(16)17)14-10-4-2-1-3-5-10/h6-8,10,14H,1-5H2. The number of hydrogen-bond acceptors (Lipinski definition) is 3. The molecule has 92 valence electrons. The summed E-state index contributed by atoms with van der Waals surface area (Å²) in [5, 5.41) is 14.3. The van der Waals surface area contributed by atoms with E-state index in [1.54, 1.807) is 6.07 Å². The van der Waals surface area contributed by atoms with Crippen molar-refractivity contribution in [1.29, 1.82) is 0 Å². The van der Waals surface area contributed by atoms with Gasteiger partial charge in [-0.1, -0.05) is 19.3 Å². The second-order valence-corrected chi connectivity index (χ2v) is 5.64. The molecule has 0 aromatic heterocycles. The van der Waals surface area contributed by atoms with E-state index in [0.29, 0.717) is 11.7 Å². The van der Waals surface area contributed by atoms with Gasteiger partial charge < -0.3 is 5.32 Å². The third-order valence-electron chi connectivity index (χ3n) is 3.12. The zero-order valence-electron chi connectivity index (χ0n) is 9.49. The maximum atomic E-state index is 11.0. The predicted molar refractivity (Wildman–Crippen MR) is 76.3 cm³/mol. The van der Waals surface area contributed by atoms with Crippen molar-refractivity contribution in [3.05, 3.63) is 31.9 Å². The summed E-state index contributed by atoms with van der Waals surface area (Å²) in [6, 6.07) is 5.72. The molecule has 1 aromatic rings. The lowest BCUT2D eigenvalue weighted by atomic mass is 9.95. The maximum Gasteiger partial charge on any atom is 0.293 e. The summed E-state index contributed by atoms with van der Waals surface area (Å²) in [6.07, 6.45) is 5.95. The second-order valence-electron chi connectivity index (χ2n) is 4.40. The van der Waals surface area contributed by atoms with Crippen molar-refractivity contribution in [2.45, 2.75) is 38.1 Å². The molecule has 0 bridgehead atoms. The van der Waals surface area contributed by atoms with Crippen LogP contribution in [0.4, 0.5) is 11.4 Å². The highest BCUT2D eigenvalue weighted by Gasteiger charge is 2.19. The van der Waals surface area contributed by atoms with Gasteiger partial charge in [-0.05, 0) is 47.6 Å². The molecule has 1 fully saturated rings. The van der Waals surface area contributed by atoms with E-state index in [0.717, 1.165) is 16.4 Å². The first-order valence-corrected chi connectivity index (χ1v) is 6.95. The SMILES string of the molecule is O=[N+]([O-])c1cc(I)ccc1NC1CCCCC1. The number of halogens is 1. The lowest BCUT2D eigenvalue weighted by Crippen LogP contribution is -2.22. The van der Waals surface area contributed by atoms with Crippen LogP contribution in [0.2, 0.25) is 0 Å². The summed E-state index contributed by atoms with van der Waals surface area (Å²) < 4.78 is 0.892. The molecule has 1 aromatic carbocycles. The van der Waals surface area contributed by atoms with Crippen LogP contribution in [0.25, 0.3) is 0 Å².